The van der Waals surface area contributed by atoms with E-state index in [0.29, 0.717) is 11.6 Å². The molecule has 3 aromatic rings. The van der Waals surface area contributed by atoms with Gasteiger partial charge in [0.1, 0.15) is 5.69 Å². The molecule has 6 radical (unpaired) electrons. The van der Waals surface area contributed by atoms with Crippen molar-refractivity contribution in [2.75, 3.05) is 0 Å². The molecule has 0 unspecified atom stereocenters. The highest BCUT2D eigenvalue weighted by molar-refractivity contribution is 6.58. The summed E-state index contributed by atoms with van der Waals surface area (Å²) < 4.78 is 6.76. The number of fused-ring (bicyclic) bond motifs is 1. The van der Waals surface area contributed by atoms with E-state index in [1.54, 1.807) is 24.0 Å². The van der Waals surface area contributed by atoms with Crippen LogP contribution in [0.15, 0.2) is 35.0 Å². The van der Waals surface area contributed by atoms with Crippen molar-refractivity contribution in [1.29, 1.82) is 0 Å². The van der Waals surface area contributed by atoms with Crippen LogP contribution in [0.3, 0.4) is 0 Å². The van der Waals surface area contributed by atoms with Crippen LogP contribution in [0.25, 0.3) is 11.5 Å². The zero-order valence-electron chi connectivity index (χ0n) is 14.7. The van der Waals surface area contributed by atoms with Gasteiger partial charge in [-0.25, -0.2) is 0 Å². The Labute approximate surface area is 160 Å². The molecule has 1 aliphatic carbocycles. The quantitative estimate of drug-likeness (QED) is 0.691. The minimum atomic E-state index is -1.65. The first-order valence-corrected chi connectivity index (χ1v) is 8.46. The zero-order valence-corrected chi connectivity index (χ0v) is 14.7. The molecule has 0 spiro atoms. The van der Waals surface area contributed by atoms with E-state index in [1.165, 1.54) is 0 Å². The van der Waals surface area contributed by atoms with Gasteiger partial charge in [0.2, 0.25) is 0 Å². The highest BCUT2D eigenvalue weighted by atomic mass is 16.5. The largest absolute Gasteiger partial charge is 0.344 e. The van der Waals surface area contributed by atoms with Crippen LogP contribution in [-0.2, 0) is 18.6 Å². The standard InChI is InChI=1S/C17H14B3N5O2/c1-25-13(6-7-21-25)14(26)22-12-5-3-9-8-10(2-4-11(9)12)15-23-16(24-27-15)17(18,19)20/h2,4,6-8,12H,3,5H2,1H3,(H,22,26)/t12-/m1/s1. The van der Waals surface area contributed by atoms with Gasteiger partial charge in [0.25, 0.3) is 11.8 Å². The molecule has 2 aromatic heterocycles. The van der Waals surface area contributed by atoms with Gasteiger partial charge in [0.15, 0.2) is 5.82 Å². The summed E-state index contributed by atoms with van der Waals surface area (Å²) in [4.78, 5) is 16.6. The van der Waals surface area contributed by atoms with E-state index in [-0.39, 0.29) is 17.8 Å². The topological polar surface area (TPSA) is 85.8 Å². The van der Waals surface area contributed by atoms with Crippen LogP contribution >= 0.6 is 0 Å². The van der Waals surface area contributed by atoms with E-state index in [2.05, 4.69) is 20.6 Å². The molecule has 0 saturated carbocycles. The number of amides is 1. The molecule has 0 fully saturated rings. The number of hydrogen-bond acceptors (Lipinski definition) is 5. The molecule has 1 amide bonds. The molecule has 0 aliphatic heterocycles. The normalized spacial score (nSPS) is 16.3. The molecule has 4 rings (SSSR count). The molecular weight excluding hydrogens is 339 g/mol. The van der Waals surface area contributed by atoms with Crippen molar-refractivity contribution in [3.05, 3.63) is 53.1 Å². The van der Waals surface area contributed by atoms with Crippen LogP contribution in [-0.4, -0.2) is 49.4 Å². The van der Waals surface area contributed by atoms with Gasteiger partial charge in [-0.15, -0.1) is 0 Å². The molecular formula is C17H14B3N5O2. The second-order valence-electron chi connectivity index (χ2n) is 6.67. The molecule has 1 aliphatic rings. The zero-order chi connectivity index (χ0) is 19.2. The summed E-state index contributed by atoms with van der Waals surface area (Å²) in [5, 5.41) is 9.16. The number of carbonyl (C=O) groups is 1. The molecule has 0 saturated heterocycles. The summed E-state index contributed by atoms with van der Waals surface area (Å²) in [5.41, 5.74) is 3.45. The highest BCUT2D eigenvalue weighted by Gasteiger charge is 2.26. The van der Waals surface area contributed by atoms with Crippen molar-refractivity contribution >= 4 is 29.4 Å². The molecule has 128 valence electrons. The van der Waals surface area contributed by atoms with E-state index >= 15 is 0 Å². The third-order valence-corrected chi connectivity index (χ3v) is 4.64. The van der Waals surface area contributed by atoms with Gasteiger partial charge in [0.05, 0.1) is 29.6 Å². The maximum atomic E-state index is 12.4. The lowest BCUT2D eigenvalue weighted by Crippen LogP contribution is -2.28. The van der Waals surface area contributed by atoms with E-state index < -0.39 is 5.11 Å². The Morgan fingerprint density at radius 3 is 2.81 bits per heavy atom. The number of carbonyl (C=O) groups excluding carboxylic acids is 1. The van der Waals surface area contributed by atoms with E-state index in [9.17, 15) is 4.79 Å². The first-order chi connectivity index (χ1) is 12.8. The van der Waals surface area contributed by atoms with E-state index in [1.807, 2.05) is 18.2 Å². The fourth-order valence-electron chi connectivity index (χ4n) is 3.25. The molecule has 1 atom stereocenters. The Kier molecular flexibility index (Phi) is 4.21. The maximum Gasteiger partial charge on any atom is 0.270 e. The Bertz CT molecular complexity index is 1010. The van der Waals surface area contributed by atoms with Gasteiger partial charge in [-0.3, -0.25) is 9.48 Å². The number of hydrogen-bond donors (Lipinski definition) is 1. The fraction of sp³-hybridized carbons (Fsp3) is 0.294. The Morgan fingerprint density at radius 2 is 2.15 bits per heavy atom. The molecule has 27 heavy (non-hydrogen) atoms. The van der Waals surface area contributed by atoms with Crippen molar-refractivity contribution in [3.8, 4) is 11.5 Å². The smallest absolute Gasteiger partial charge is 0.270 e. The van der Waals surface area contributed by atoms with Crippen molar-refractivity contribution in [3.63, 3.8) is 0 Å². The van der Waals surface area contributed by atoms with Crippen LogP contribution in [0.5, 0.6) is 0 Å². The number of aromatic nitrogens is 4. The number of nitrogens with zero attached hydrogens (tertiary/aromatic N) is 4. The summed E-state index contributed by atoms with van der Waals surface area (Å²) in [7, 11) is 18.5. The lowest BCUT2D eigenvalue weighted by atomic mass is 9.42. The first-order valence-electron chi connectivity index (χ1n) is 8.46. The number of aryl methyl sites for hydroxylation is 2. The maximum absolute atomic E-state index is 12.4. The minimum absolute atomic E-state index is 0.0271. The predicted octanol–water partition coefficient (Wildman–Crippen LogP) is 0.503. The van der Waals surface area contributed by atoms with Crippen LogP contribution in [0.1, 0.15) is 39.9 Å². The van der Waals surface area contributed by atoms with Gasteiger partial charge in [-0.05, 0) is 42.2 Å². The van der Waals surface area contributed by atoms with Crippen molar-refractivity contribution < 1.29 is 9.32 Å². The SMILES string of the molecule is [B]C([B])([B])c1noc(-c2ccc3c(c2)CC[C@H]3NC(=O)c2ccnn2C)n1. The minimum Gasteiger partial charge on any atom is -0.344 e. The average Bonchev–Trinajstić information content (AvgIpc) is 3.33. The van der Waals surface area contributed by atoms with Gasteiger partial charge < -0.3 is 9.84 Å². The van der Waals surface area contributed by atoms with Gasteiger partial charge in [-0.1, -0.05) is 16.3 Å². The molecule has 7 nitrogen and oxygen atoms in total. The monoisotopic (exact) mass is 353 g/mol. The summed E-state index contributed by atoms with van der Waals surface area (Å²) in [5.74, 6) is 0.170. The third kappa shape index (κ3) is 3.31. The molecule has 1 N–H and O–H groups in total. The van der Waals surface area contributed by atoms with Crippen molar-refractivity contribution in [2.45, 2.75) is 24.0 Å². The second kappa shape index (κ2) is 6.44. The second-order valence-corrected chi connectivity index (χ2v) is 6.67. The third-order valence-electron chi connectivity index (χ3n) is 4.64. The number of rotatable bonds is 4. The van der Waals surface area contributed by atoms with Crippen LogP contribution in [0, 0.1) is 0 Å². The number of nitrogens with one attached hydrogen (secondary N) is 1. The predicted molar refractivity (Wildman–Crippen MR) is 100 cm³/mol. The van der Waals surface area contributed by atoms with Crippen molar-refractivity contribution in [2.24, 2.45) is 7.05 Å². The summed E-state index contributed by atoms with van der Waals surface area (Å²) >= 11 is 0. The summed E-state index contributed by atoms with van der Waals surface area (Å²) in [6, 6.07) is 7.41. The van der Waals surface area contributed by atoms with Gasteiger partial charge in [-0.2, -0.15) is 10.1 Å². The van der Waals surface area contributed by atoms with Crippen LogP contribution in [0.4, 0.5) is 0 Å². The Hall–Kier alpha value is -2.77. The molecule has 2 heterocycles. The van der Waals surface area contributed by atoms with Gasteiger partial charge in [0, 0.05) is 18.8 Å². The fourth-order valence-corrected chi connectivity index (χ4v) is 3.25. The first kappa shape index (κ1) is 17.6. The van der Waals surface area contributed by atoms with Crippen LogP contribution < -0.4 is 5.32 Å². The Morgan fingerprint density at radius 1 is 1.33 bits per heavy atom. The summed E-state index contributed by atoms with van der Waals surface area (Å²) in [6.07, 6.45) is 3.24. The highest BCUT2D eigenvalue weighted by Crippen LogP contribution is 2.34. The lowest BCUT2D eigenvalue weighted by Gasteiger charge is -2.14. The van der Waals surface area contributed by atoms with Crippen LogP contribution in [0.2, 0.25) is 0 Å². The molecule has 0 bridgehead atoms. The van der Waals surface area contributed by atoms with Gasteiger partial charge >= 0.3 is 0 Å². The Balaban J connectivity index is 1.55. The average molecular weight is 353 g/mol. The lowest BCUT2D eigenvalue weighted by molar-refractivity contribution is 0.0927. The number of benzene rings is 1. The molecule has 10 heteroatoms. The van der Waals surface area contributed by atoms with Crippen molar-refractivity contribution in [1.82, 2.24) is 25.2 Å². The summed E-state index contributed by atoms with van der Waals surface area (Å²) in [6.45, 7) is 0. The molecule has 1 aromatic carbocycles. The van der Waals surface area contributed by atoms with E-state index in [4.69, 9.17) is 28.1 Å². The van der Waals surface area contributed by atoms with E-state index in [0.717, 1.165) is 29.5 Å².